The van der Waals surface area contributed by atoms with E-state index in [1.54, 1.807) is 0 Å². The molecule has 5 nitrogen and oxygen atoms in total. The van der Waals surface area contributed by atoms with Crippen LogP contribution in [0.15, 0.2) is 33.0 Å². The number of esters is 1. The number of ether oxygens (including phenoxy) is 2. The zero-order valence-corrected chi connectivity index (χ0v) is 29.9. The van der Waals surface area contributed by atoms with Crippen LogP contribution < -0.4 is 10.4 Å². The summed E-state index contributed by atoms with van der Waals surface area (Å²) in [5.74, 6) is 5.19. The normalized spacial score (nSPS) is 33.5. The Balaban J connectivity index is 0.966. The number of hydrogen-bond acceptors (Lipinski definition) is 5. The maximum atomic E-state index is 13.0. The smallest absolute Gasteiger partial charge is 0.344 e. The quantitative estimate of drug-likeness (QED) is 0.155. The zero-order chi connectivity index (χ0) is 33.1. The maximum absolute atomic E-state index is 13.0. The van der Waals surface area contributed by atoms with E-state index >= 15 is 0 Å². The van der Waals surface area contributed by atoms with Crippen molar-refractivity contribution < 1.29 is 18.7 Å². The molecule has 0 amide bonds. The van der Waals surface area contributed by atoms with Crippen molar-refractivity contribution in [3.05, 3.63) is 50.9 Å². The van der Waals surface area contributed by atoms with Crippen molar-refractivity contribution >= 4 is 16.9 Å². The molecule has 7 rings (SSSR count). The van der Waals surface area contributed by atoms with Gasteiger partial charge in [0.25, 0.3) is 0 Å². The van der Waals surface area contributed by atoms with E-state index in [0.29, 0.717) is 16.7 Å². The zero-order valence-electron chi connectivity index (χ0n) is 29.9. The third-order valence-electron chi connectivity index (χ3n) is 14.2. The minimum Gasteiger partial charge on any atom is -0.481 e. The van der Waals surface area contributed by atoms with Crippen LogP contribution in [-0.4, -0.2) is 18.7 Å². The Labute approximate surface area is 282 Å². The Morgan fingerprint density at radius 2 is 1.81 bits per heavy atom. The van der Waals surface area contributed by atoms with E-state index in [-0.39, 0.29) is 29.7 Å². The van der Waals surface area contributed by atoms with E-state index in [1.165, 1.54) is 56.9 Å². The molecule has 5 aliphatic rings. The first-order chi connectivity index (χ1) is 22.5. The molecule has 1 heterocycles. The number of allylic oxidation sites excluding steroid dienone is 1. The number of benzene rings is 1. The van der Waals surface area contributed by atoms with Crippen LogP contribution in [0.25, 0.3) is 11.0 Å². The van der Waals surface area contributed by atoms with E-state index in [4.69, 9.17) is 13.9 Å². The molecule has 3 saturated carbocycles. The van der Waals surface area contributed by atoms with Crippen molar-refractivity contribution in [2.75, 3.05) is 6.61 Å². The van der Waals surface area contributed by atoms with Crippen LogP contribution >= 0.6 is 0 Å². The Morgan fingerprint density at radius 3 is 2.62 bits per heavy atom. The molecule has 2 aromatic rings. The summed E-state index contributed by atoms with van der Waals surface area (Å²) < 4.78 is 17.7. The predicted octanol–water partition coefficient (Wildman–Crippen LogP) is 9.92. The predicted molar refractivity (Wildman–Crippen MR) is 188 cm³/mol. The van der Waals surface area contributed by atoms with Crippen LogP contribution in [0.5, 0.6) is 5.75 Å². The highest BCUT2D eigenvalue weighted by Crippen LogP contribution is 2.67. The molecule has 0 N–H and O–H groups in total. The monoisotopic (exact) mass is 642 g/mol. The van der Waals surface area contributed by atoms with Gasteiger partial charge in [-0.3, -0.25) is 0 Å². The summed E-state index contributed by atoms with van der Waals surface area (Å²) >= 11 is 0. The third-order valence-corrected chi connectivity index (χ3v) is 14.2. The average Bonchev–Trinajstić information content (AvgIpc) is 3.67. The third kappa shape index (κ3) is 5.80. The Morgan fingerprint density at radius 1 is 1.00 bits per heavy atom. The van der Waals surface area contributed by atoms with Crippen molar-refractivity contribution in [3.8, 4) is 5.75 Å². The van der Waals surface area contributed by atoms with E-state index in [9.17, 15) is 9.59 Å². The van der Waals surface area contributed by atoms with Crippen molar-refractivity contribution in [1.82, 2.24) is 0 Å². The molecule has 47 heavy (non-hydrogen) atoms. The minimum absolute atomic E-state index is 0.0864. The fourth-order valence-corrected chi connectivity index (χ4v) is 11.7. The van der Waals surface area contributed by atoms with Crippen molar-refractivity contribution in [2.45, 2.75) is 138 Å². The molecule has 0 spiro atoms. The summed E-state index contributed by atoms with van der Waals surface area (Å²) in [4.78, 5) is 25.6. The second-order valence-electron chi connectivity index (χ2n) is 17.2. The second-order valence-corrected chi connectivity index (χ2v) is 17.2. The topological polar surface area (TPSA) is 65.7 Å². The molecular formula is C42H58O5. The van der Waals surface area contributed by atoms with Crippen LogP contribution in [-0.2, 0) is 22.4 Å². The summed E-state index contributed by atoms with van der Waals surface area (Å²) in [5.41, 5.74) is 5.28. The first-order valence-electron chi connectivity index (χ1n) is 19.1. The molecule has 0 aliphatic heterocycles. The molecule has 0 saturated heterocycles. The number of rotatable bonds is 9. The van der Waals surface area contributed by atoms with Crippen molar-refractivity contribution in [2.24, 2.45) is 46.3 Å². The lowest BCUT2D eigenvalue weighted by Gasteiger charge is -2.58. The largest absolute Gasteiger partial charge is 0.481 e. The molecule has 256 valence electrons. The standard InChI is InChI=1S/C42H58O5/c1-25(2)9-7-10-26(3)34-16-17-35-33-14-13-28-23-29(19-21-41(28,5)36(33)20-22-42(34,35)6)46-38(43)24-45-37-18-15-31-30-11-8-12-32(30)40(44)47-39(31)27(37)4/h13,15,18,25-26,29,33-36H,7-12,14,16-17,19-24H2,1-6H3/t26-,29+,33?,34-,35?,36?,41+,42-/m1/s1. The van der Waals surface area contributed by atoms with Gasteiger partial charge in [0.2, 0.25) is 0 Å². The average molecular weight is 643 g/mol. The molecule has 5 heteroatoms. The van der Waals surface area contributed by atoms with E-state index in [0.717, 1.165) is 96.1 Å². The first kappa shape index (κ1) is 33.0. The highest BCUT2D eigenvalue weighted by Gasteiger charge is 2.59. The molecule has 5 aliphatic carbocycles. The van der Waals surface area contributed by atoms with Gasteiger partial charge in [-0.1, -0.05) is 65.5 Å². The summed E-state index contributed by atoms with van der Waals surface area (Å²) in [6.07, 6.45) is 19.0. The van der Waals surface area contributed by atoms with E-state index in [2.05, 4.69) is 40.7 Å². The Kier molecular flexibility index (Phi) is 8.92. The van der Waals surface area contributed by atoms with Gasteiger partial charge in [-0.2, -0.15) is 0 Å². The van der Waals surface area contributed by atoms with Crippen LogP contribution in [0.1, 0.15) is 128 Å². The molecule has 1 aromatic heterocycles. The van der Waals surface area contributed by atoms with Gasteiger partial charge < -0.3 is 13.9 Å². The summed E-state index contributed by atoms with van der Waals surface area (Å²) in [6.45, 7) is 14.2. The molecule has 0 radical (unpaired) electrons. The van der Waals surface area contributed by atoms with Crippen LogP contribution in [0.4, 0.5) is 0 Å². The molecule has 0 bridgehead atoms. The summed E-state index contributed by atoms with van der Waals surface area (Å²) in [5, 5.41) is 0.986. The SMILES string of the molecule is Cc1c(OCC(=O)O[C@H]2CC[C@@]3(C)C(=CCC4C3CC[C@@]3(C)C4CC[C@@H]3[C@H](C)CCCC(C)C)C2)ccc2c3c(c(=O)oc12)CCC3. The van der Waals surface area contributed by atoms with Crippen LogP contribution in [0.2, 0.25) is 0 Å². The Hall–Kier alpha value is -2.56. The lowest BCUT2D eigenvalue weighted by atomic mass is 9.47. The second kappa shape index (κ2) is 12.7. The van der Waals surface area contributed by atoms with Gasteiger partial charge in [0.05, 0.1) is 0 Å². The van der Waals surface area contributed by atoms with Crippen LogP contribution in [0, 0.1) is 53.3 Å². The van der Waals surface area contributed by atoms with E-state index < -0.39 is 0 Å². The molecule has 3 unspecified atom stereocenters. The lowest BCUT2D eigenvalue weighted by Crippen LogP contribution is -2.51. The number of aryl methyl sites for hydroxylation is 2. The van der Waals surface area contributed by atoms with Crippen molar-refractivity contribution in [1.29, 1.82) is 0 Å². The first-order valence-corrected chi connectivity index (χ1v) is 19.1. The van der Waals surface area contributed by atoms with E-state index in [1.807, 2.05) is 19.1 Å². The van der Waals surface area contributed by atoms with Crippen LogP contribution in [0.3, 0.4) is 0 Å². The van der Waals surface area contributed by atoms with Gasteiger partial charge in [0.15, 0.2) is 6.61 Å². The van der Waals surface area contributed by atoms with Crippen molar-refractivity contribution in [3.63, 3.8) is 0 Å². The maximum Gasteiger partial charge on any atom is 0.344 e. The van der Waals surface area contributed by atoms with Gasteiger partial charge in [0, 0.05) is 22.9 Å². The van der Waals surface area contributed by atoms with Gasteiger partial charge >= 0.3 is 11.6 Å². The molecular weight excluding hydrogens is 584 g/mol. The van der Waals surface area contributed by atoms with Gasteiger partial charge in [-0.25, -0.2) is 9.59 Å². The fraction of sp³-hybridized carbons (Fsp3) is 0.714. The Bertz CT molecular complexity index is 1600. The van der Waals surface area contributed by atoms with Gasteiger partial charge in [0.1, 0.15) is 17.4 Å². The number of carbonyl (C=O) groups excluding carboxylic acids is 1. The minimum atomic E-state index is -0.323. The molecule has 3 fully saturated rings. The summed E-state index contributed by atoms with van der Waals surface area (Å²) in [6, 6.07) is 3.86. The highest BCUT2D eigenvalue weighted by molar-refractivity contribution is 5.86. The summed E-state index contributed by atoms with van der Waals surface area (Å²) in [7, 11) is 0. The molecule has 1 aromatic carbocycles. The van der Waals surface area contributed by atoms with Gasteiger partial charge in [-0.15, -0.1) is 0 Å². The lowest BCUT2D eigenvalue weighted by molar-refractivity contribution is -0.153. The van der Waals surface area contributed by atoms with Gasteiger partial charge in [-0.05, 0) is 135 Å². The fourth-order valence-electron chi connectivity index (χ4n) is 11.7. The highest BCUT2D eigenvalue weighted by atomic mass is 16.6. The number of fused-ring (bicyclic) bond motifs is 8. The number of hydrogen-bond donors (Lipinski definition) is 0. The number of carbonyl (C=O) groups is 1. The molecule has 8 atom stereocenters.